The van der Waals surface area contributed by atoms with E-state index in [1.807, 2.05) is 0 Å². The maximum absolute atomic E-state index is 12.6. The number of rotatable bonds is 7. The second-order valence-corrected chi connectivity index (χ2v) is 8.18. The molecular weight excluding hydrogens is 334 g/mol. The van der Waals surface area contributed by atoms with Gasteiger partial charge in [0.2, 0.25) is 15.4 Å². The number of nitrogens with one attached hydrogen (secondary N) is 1. The second kappa shape index (κ2) is 6.30. The fraction of sp³-hybridized carbons (Fsp3) is 0.600. The third-order valence-corrected chi connectivity index (χ3v) is 6.09. The van der Waals surface area contributed by atoms with Crippen LogP contribution in [0.15, 0.2) is 4.34 Å². The van der Waals surface area contributed by atoms with Crippen molar-refractivity contribution in [3.63, 3.8) is 0 Å². The number of anilines is 1. The average molecular weight is 349 g/mol. The van der Waals surface area contributed by atoms with Crippen LogP contribution in [0.5, 0.6) is 0 Å². The summed E-state index contributed by atoms with van der Waals surface area (Å²) in [4.78, 5) is 11.2. The predicted molar refractivity (Wildman–Crippen MR) is 82.5 cm³/mol. The number of carbonyl (C=O) groups is 1. The van der Waals surface area contributed by atoms with Crippen LogP contribution < -0.4 is 11.1 Å². The zero-order valence-corrected chi connectivity index (χ0v) is 13.7. The molecule has 1 saturated carbocycles. The molecule has 116 valence electrons. The lowest BCUT2D eigenvalue weighted by atomic mass is 10.4. The van der Waals surface area contributed by atoms with E-state index in [9.17, 15) is 13.2 Å². The van der Waals surface area contributed by atoms with Gasteiger partial charge in [0.1, 0.15) is 0 Å². The lowest BCUT2D eigenvalue weighted by Crippen LogP contribution is -2.35. The topological polar surface area (TPSA) is 118 Å². The Bertz CT molecular complexity index is 653. The summed E-state index contributed by atoms with van der Waals surface area (Å²) >= 11 is 5.62. The average Bonchev–Trinajstić information content (AvgIpc) is 3.07. The van der Waals surface area contributed by atoms with Crippen molar-refractivity contribution in [2.45, 2.75) is 36.6 Å². The molecule has 1 amide bonds. The van der Waals surface area contributed by atoms with Crippen molar-refractivity contribution < 1.29 is 13.2 Å². The maximum Gasteiger partial charge on any atom is 0.272 e. The van der Waals surface area contributed by atoms with Crippen molar-refractivity contribution in [2.24, 2.45) is 5.73 Å². The van der Waals surface area contributed by atoms with Gasteiger partial charge in [0.25, 0.3) is 10.0 Å². The van der Waals surface area contributed by atoms with E-state index in [0.29, 0.717) is 6.42 Å². The molecule has 0 aromatic carbocycles. The molecule has 2 rings (SSSR count). The third-order valence-electron chi connectivity index (χ3n) is 2.75. The van der Waals surface area contributed by atoms with Crippen LogP contribution in [0.1, 0.15) is 26.2 Å². The number of carbonyl (C=O) groups excluding carboxylic acids is 1. The van der Waals surface area contributed by atoms with Crippen LogP contribution in [0, 0.1) is 0 Å². The molecule has 1 heterocycles. The smallest absolute Gasteiger partial charge is 0.272 e. The molecule has 0 bridgehead atoms. The molecule has 8 nitrogen and oxygen atoms in total. The van der Waals surface area contributed by atoms with E-state index in [4.69, 9.17) is 18.0 Å². The van der Waals surface area contributed by atoms with E-state index in [0.717, 1.165) is 24.2 Å². The van der Waals surface area contributed by atoms with Gasteiger partial charge in [0, 0.05) is 25.9 Å². The van der Waals surface area contributed by atoms with Crippen molar-refractivity contribution in [3.05, 3.63) is 0 Å². The summed E-state index contributed by atoms with van der Waals surface area (Å²) in [5.41, 5.74) is 5.44. The quantitative estimate of drug-likeness (QED) is 0.538. The number of hydrogen-bond donors (Lipinski definition) is 2. The first-order chi connectivity index (χ1) is 9.80. The summed E-state index contributed by atoms with van der Waals surface area (Å²) < 4.78 is 26.4. The highest BCUT2D eigenvalue weighted by molar-refractivity contribution is 7.91. The van der Waals surface area contributed by atoms with Gasteiger partial charge in [-0.05, 0) is 12.8 Å². The molecule has 0 atom stereocenters. The summed E-state index contributed by atoms with van der Waals surface area (Å²) in [6.45, 7) is 1.55. The van der Waals surface area contributed by atoms with Crippen LogP contribution in [0.4, 0.5) is 5.13 Å². The SMILES string of the molecule is CC(=O)Nc1nnc(S(=O)(=O)N(CCC(N)=S)C2CC2)s1. The van der Waals surface area contributed by atoms with Crippen molar-refractivity contribution in [3.8, 4) is 0 Å². The van der Waals surface area contributed by atoms with Gasteiger partial charge in [-0.1, -0.05) is 23.6 Å². The lowest BCUT2D eigenvalue weighted by Gasteiger charge is -2.19. The van der Waals surface area contributed by atoms with Crippen LogP contribution in [0.25, 0.3) is 0 Å². The number of nitrogens with zero attached hydrogens (tertiary/aromatic N) is 3. The summed E-state index contributed by atoms with van der Waals surface area (Å²) in [6.07, 6.45) is 1.95. The van der Waals surface area contributed by atoms with Gasteiger partial charge < -0.3 is 11.1 Å². The van der Waals surface area contributed by atoms with E-state index in [2.05, 4.69) is 15.5 Å². The molecule has 0 saturated heterocycles. The minimum absolute atomic E-state index is 0.0301. The van der Waals surface area contributed by atoms with Crippen LogP contribution in [0.3, 0.4) is 0 Å². The Morgan fingerprint density at radius 2 is 2.19 bits per heavy atom. The number of thiocarbonyl (C=S) groups is 1. The normalized spacial score (nSPS) is 15.1. The standard InChI is InChI=1S/C10H15N5O3S3/c1-6(16)12-9-13-14-10(20-9)21(17,18)15(7-2-3-7)5-4-8(11)19/h7H,2-5H2,1H3,(H2,11,19)(H,12,13,16). The van der Waals surface area contributed by atoms with E-state index in [1.54, 1.807) is 0 Å². The summed E-state index contributed by atoms with van der Waals surface area (Å²) in [5.74, 6) is -0.331. The summed E-state index contributed by atoms with van der Waals surface area (Å²) in [5, 5.41) is 9.89. The van der Waals surface area contributed by atoms with Gasteiger partial charge in [0.05, 0.1) is 4.99 Å². The minimum Gasteiger partial charge on any atom is -0.393 e. The van der Waals surface area contributed by atoms with E-state index >= 15 is 0 Å². The number of hydrogen-bond acceptors (Lipinski definition) is 7. The summed E-state index contributed by atoms with van der Waals surface area (Å²) in [7, 11) is -3.74. The molecule has 11 heteroatoms. The fourth-order valence-electron chi connectivity index (χ4n) is 1.70. The molecule has 0 aliphatic heterocycles. The molecule has 1 aromatic rings. The lowest BCUT2D eigenvalue weighted by molar-refractivity contribution is -0.114. The van der Waals surface area contributed by atoms with Crippen LogP contribution >= 0.6 is 23.6 Å². The van der Waals surface area contributed by atoms with Gasteiger partial charge in [-0.2, -0.15) is 4.31 Å². The zero-order chi connectivity index (χ0) is 15.6. The zero-order valence-electron chi connectivity index (χ0n) is 11.3. The molecule has 0 spiro atoms. The molecule has 1 aliphatic rings. The number of amides is 1. The Morgan fingerprint density at radius 1 is 1.52 bits per heavy atom. The Labute approximate surface area is 131 Å². The maximum atomic E-state index is 12.6. The van der Waals surface area contributed by atoms with Gasteiger partial charge in [-0.25, -0.2) is 8.42 Å². The first-order valence-corrected chi connectivity index (χ1v) is 8.88. The molecule has 21 heavy (non-hydrogen) atoms. The van der Waals surface area contributed by atoms with Gasteiger partial charge >= 0.3 is 0 Å². The molecule has 0 unspecified atom stereocenters. The highest BCUT2D eigenvalue weighted by Crippen LogP contribution is 2.33. The predicted octanol–water partition coefficient (Wildman–Crippen LogP) is 0.326. The Hall–Kier alpha value is -1.17. The Kier molecular flexibility index (Phi) is 4.86. The molecule has 1 fully saturated rings. The van der Waals surface area contributed by atoms with Crippen LogP contribution in [0.2, 0.25) is 0 Å². The molecule has 0 radical (unpaired) electrons. The first kappa shape index (κ1) is 16.2. The largest absolute Gasteiger partial charge is 0.393 e. The number of nitrogens with two attached hydrogens (primary N) is 1. The van der Waals surface area contributed by atoms with Gasteiger partial charge in [-0.15, -0.1) is 10.2 Å². The Morgan fingerprint density at radius 3 is 2.71 bits per heavy atom. The van der Waals surface area contributed by atoms with Crippen molar-refractivity contribution in [2.75, 3.05) is 11.9 Å². The van der Waals surface area contributed by atoms with Crippen LogP contribution in [-0.2, 0) is 14.8 Å². The van der Waals surface area contributed by atoms with E-state index < -0.39 is 10.0 Å². The van der Waals surface area contributed by atoms with Crippen molar-refractivity contribution in [1.29, 1.82) is 0 Å². The highest BCUT2D eigenvalue weighted by Gasteiger charge is 2.39. The Balaban J connectivity index is 2.19. The fourth-order valence-corrected chi connectivity index (χ4v) is 4.54. The van der Waals surface area contributed by atoms with E-state index in [-0.39, 0.29) is 33.0 Å². The van der Waals surface area contributed by atoms with Crippen molar-refractivity contribution >= 4 is 49.6 Å². The third kappa shape index (κ3) is 4.15. The number of aromatic nitrogens is 2. The van der Waals surface area contributed by atoms with Crippen molar-refractivity contribution in [1.82, 2.24) is 14.5 Å². The second-order valence-electron chi connectivity index (χ2n) is 4.62. The van der Waals surface area contributed by atoms with E-state index in [1.165, 1.54) is 11.2 Å². The minimum atomic E-state index is -3.74. The van der Waals surface area contributed by atoms with Gasteiger partial charge in [0.15, 0.2) is 0 Å². The van der Waals surface area contributed by atoms with Crippen LogP contribution in [-0.4, -0.2) is 46.4 Å². The number of sulfonamides is 1. The highest BCUT2D eigenvalue weighted by atomic mass is 32.2. The molecule has 1 aliphatic carbocycles. The molecule has 3 N–H and O–H groups in total. The monoisotopic (exact) mass is 349 g/mol. The summed E-state index contributed by atoms with van der Waals surface area (Å²) in [6, 6.07) is -0.0301. The first-order valence-electron chi connectivity index (χ1n) is 6.22. The van der Waals surface area contributed by atoms with Gasteiger partial charge in [-0.3, -0.25) is 4.79 Å². The molecular formula is C10H15N5O3S3. The molecule has 1 aromatic heterocycles.